The number of carbonyl (C=O) groups excluding carboxylic acids is 1. The second-order valence-corrected chi connectivity index (χ2v) is 10.3. The summed E-state index contributed by atoms with van der Waals surface area (Å²) in [6, 6.07) is 19.8. The van der Waals surface area contributed by atoms with E-state index in [-0.39, 0.29) is 12.5 Å². The van der Waals surface area contributed by atoms with Crippen molar-refractivity contribution in [3.05, 3.63) is 75.2 Å². The highest BCUT2D eigenvalue weighted by molar-refractivity contribution is 9.11. The van der Waals surface area contributed by atoms with E-state index in [1.807, 2.05) is 48.5 Å². The van der Waals surface area contributed by atoms with Gasteiger partial charge in [0.25, 0.3) is 5.91 Å². The normalized spacial score (nSPS) is 12.0. The monoisotopic (exact) mass is 572 g/mol. The van der Waals surface area contributed by atoms with E-state index < -0.39 is 0 Å². The molecule has 4 rings (SSSR count). The molecule has 1 N–H and O–H groups in total. The molecule has 1 heterocycles. The lowest BCUT2D eigenvalue weighted by molar-refractivity contribution is -0.118. The van der Waals surface area contributed by atoms with Crippen molar-refractivity contribution in [3.8, 4) is 16.3 Å². The summed E-state index contributed by atoms with van der Waals surface area (Å²) < 4.78 is 8.48. The zero-order valence-corrected chi connectivity index (χ0v) is 21.7. The first-order valence-electron chi connectivity index (χ1n) is 10.3. The summed E-state index contributed by atoms with van der Waals surface area (Å²) >= 11 is 8.72. The molecule has 0 saturated carbocycles. The van der Waals surface area contributed by atoms with Crippen LogP contribution in [-0.4, -0.2) is 17.5 Å². The number of rotatable bonds is 7. The topological polar surface area (TPSA) is 51.2 Å². The van der Waals surface area contributed by atoms with Crippen molar-refractivity contribution in [2.24, 2.45) is 0 Å². The van der Waals surface area contributed by atoms with E-state index in [2.05, 4.69) is 63.2 Å². The molecule has 0 spiro atoms. The second kappa shape index (κ2) is 10.1. The maximum absolute atomic E-state index is 12.7. The lowest BCUT2D eigenvalue weighted by Gasteiger charge is -2.14. The molecule has 0 aliphatic heterocycles. The van der Waals surface area contributed by atoms with Crippen LogP contribution in [0.3, 0.4) is 0 Å². The Morgan fingerprint density at radius 2 is 1.88 bits per heavy atom. The van der Waals surface area contributed by atoms with E-state index in [1.54, 1.807) is 11.3 Å². The van der Waals surface area contributed by atoms with Crippen molar-refractivity contribution < 1.29 is 9.53 Å². The van der Waals surface area contributed by atoms with E-state index in [0.717, 1.165) is 36.2 Å². The molecule has 0 aliphatic rings. The molecule has 1 unspecified atom stereocenters. The Bertz CT molecular complexity index is 1220. The number of amides is 1. The number of ether oxygens (including phenoxy) is 1. The fraction of sp³-hybridized carbons (Fsp3) is 0.200. The average Bonchev–Trinajstić information content (AvgIpc) is 3.23. The maximum Gasteiger partial charge on any atom is 0.262 e. The fourth-order valence-corrected chi connectivity index (χ4v) is 5.62. The van der Waals surface area contributed by atoms with Crippen molar-refractivity contribution >= 4 is 65.0 Å². The first-order valence-corrected chi connectivity index (χ1v) is 12.7. The van der Waals surface area contributed by atoms with Crippen LogP contribution in [0.25, 0.3) is 20.8 Å². The number of aromatic nitrogens is 1. The Morgan fingerprint density at radius 1 is 1.12 bits per heavy atom. The molecule has 1 atom stereocenters. The zero-order chi connectivity index (χ0) is 22.7. The summed E-state index contributed by atoms with van der Waals surface area (Å²) in [5.74, 6) is 0.942. The molecule has 4 aromatic rings. The maximum atomic E-state index is 12.7. The number of thiazole rings is 1. The lowest BCUT2D eigenvalue weighted by atomic mass is 9.99. The molecule has 0 bridgehead atoms. The molecule has 1 aromatic heterocycles. The first-order chi connectivity index (χ1) is 15.4. The number of nitrogens with zero attached hydrogens (tertiary/aromatic N) is 1. The molecule has 4 nitrogen and oxygen atoms in total. The molecule has 3 aromatic carbocycles. The van der Waals surface area contributed by atoms with Crippen molar-refractivity contribution in [2.75, 3.05) is 11.9 Å². The number of nitrogens with one attached hydrogen (secondary N) is 1. The molecule has 0 radical (unpaired) electrons. The van der Waals surface area contributed by atoms with Crippen LogP contribution in [0.1, 0.15) is 31.7 Å². The molecule has 0 fully saturated rings. The van der Waals surface area contributed by atoms with Gasteiger partial charge in [-0.3, -0.25) is 4.79 Å². The van der Waals surface area contributed by atoms with Gasteiger partial charge in [0.05, 0.1) is 15.9 Å². The Hall–Kier alpha value is -2.22. The minimum absolute atomic E-state index is 0.0789. The van der Waals surface area contributed by atoms with Crippen LogP contribution < -0.4 is 10.1 Å². The standard InChI is InChI=1S/C25H22Br2N2O2S/c1-3-15(2)16-8-10-18(11-9-16)31-14-23(30)29-24-19(12-17(26)13-20(24)27)25-28-21-6-4-5-7-22(21)32-25/h4-13,15H,3,14H2,1-2H3,(H,29,30). The first kappa shape index (κ1) is 23.0. The van der Waals surface area contributed by atoms with Crippen molar-refractivity contribution in [1.29, 1.82) is 0 Å². The van der Waals surface area contributed by atoms with Crippen LogP contribution in [0.15, 0.2) is 69.6 Å². The molecule has 0 saturated heterocycles. The fourth-order valence-electron chi connectivity index (χ4n) is 3.31. The van der Waals surface area contributed by atoms with E-state index >= 15 is 0 Å². The van der Waals surface area contributed by atoms with Gasteiger partial charge < -0.3 is 10.1 Å². The highest BCUT2D eigenvalue weighted by Gasteiger charge is 2.17. The summed E-state index contributed by atoms with van der Waals surface area (Å²) in [5, 5.41) is 3.83. The summed E-state index contributed by atoms with van der Waals surface area (Å²) in [5.41, 5.74) is 3.72. The molecular weight excluding hydrogens is 552 g/mol. The van der Waals surface area contributed by atoms with Crippen LogP contribution in [-0.2, 0) is 4.79 Å². The molecule has 1 amide bonds. The summed E-state index contributed by atoms with van der Waals surface area (Å²) in [4.78, 5) is 17.5. The van der Waals surface area contributed by atoms with Crippen LogP contribution in [0.5, 0.6) is 5.75 Å². The van der Waals surface area contributed by atoms with Gasteiger partial charge in [-0.15, -0.1) is 11.3 Å². The predicted octanol–water partition coefficient (Wildman–Crippen LogP) is 8.02. The van der Waals surface area contributed by atoms with Crippen LogP contribution in [0.2, 0.25) is 0 Å². The van der Waals surface area contributed by atoms with Crippen LogP contribution in [0, 0.1) is 0 Å². The number of hydrogen-bond donors (Lipinski definition) is 1. The highest BCUT2D eigenvalue weighted by Crippen LogP contribution is 2.40. The molecule has 164 valence electrons. The van der Waals surface area contributed by atoms with Gasteiger partial charge in [0.2, 0.25) is 0 Å². The summed E-state index contributed by atoms with van der Waals surface area (Å²) in [7, 11) is 0. The quantitative estimate of drug-likeness (QED) is 0.243. The minimum Gasteiger partial charge on any atom is -0.484 e. The summed E-state index contributed by atoms with van der Waals surface area (Å²) in [6.07, 6.45) is 1.08. The number of hydrogen-bond acceptors (Lipinski definition) is 4. The molecule has 32 heavy (non-hydrogen) atoms. The number of carbonyl (C=O) groups is 1. The highest BCUT2D eigenvalue weighted by atomic mass is 79.9. The Labute approximate surface area is 208 Å². The van der Waals surface area contributed by atoms with E-state index in [4.69, 9.17) is 9.72 Å². The Morgan fingerprint density at radius 3 is 2.59 bits per heavy atom. The van der Waals surface area contributed by atoms with Crippen LogP contribution in [0.4, 0.5) is 5.69 Å². The van der Waals surface area contributed by atoms with Crippen LogP contribution >= 0.6 is 43.2 Å². The van der Waals surface area contributed by atoms with Gasteiger partial charge in [-0.05, 0) is 70.2 Å². The molecule has 7 heteroatoms. The average molecular weight is 574 g/mol. The van der Waals surface area contributed by atoms with Gasteiger partial charge in [0.15, 0.2) is 6.61 Å². The molecule has 0 aliphatic carbocycles. The molecular formula is C25H22Br2N2O2S. The predicted molar refractivity (Wildman–Crippen MR) is 140 cm³/mol. The second-order valence-electron chi connectivity index (χ2n) is 7.51. The van der Waals surface area contributed by atoms with E-state index in [9.17, 15) is 4.79 Å². The van der Waals surface area contributed by atoms with Gasteiger partial charge >= 0.3 is 0 Å². The van der Waals surface area contributed by atoms with Gasteiger partial charge in [0, 0.05) is 14.5 Å². The third kappa shape index (κ3) is 5.22. The third-order valence-electron chi connectivity index (χ3n) is 5.28. The Kier molecular flexibility index (Phi) is 7.28. The largest absolute Gasteiger partial charge is 0.484 e. The van der Waals surface area contributed by atoms with Crippen molar-refractivity contribution in [3.63, 3.8) is 0 Å². The number of halogens is 2. The van der Waals surface area contributed by atoms with E-state index in [1.165, 1.54) is 5.56 Å². The van der Waals surface area contributed by atoms with Gasteiger partial charge in [-0.25, -0.2) is 4.98 Å². The zero-order valence-electron chi connectivity index (χ0n) is 17.7. The van der Waals surface area contributed by atoms with Gasteiger partial charge in [-0.1, -0.05) is 54.0 Å². The Balaban J connectivity index is 1.52. The third-order valence-corrected chi connectivity index (χ3v) is 7.43. The summed E-state index contributed by atoms with van der Waals surface area (Å²) in [6.45, 7) is 4.29. The number of benzene rings is 3. The SMILES string of the molecule is CCC(C)c1ccc(OCC(=O)Nc2c(Br)cc(Br)cc2-c2nc3ccccc3s2)cc1. The van der Waals surface area contributed by atoms with Gasteiger partial charge in [-0.2, -0.15) is 0 Å². The number of para-hydroxylation sites is 1. The minimum atomic E-state index is -0.235. The van der Waals surface area contributed by atoms with Crippen molar-refractivity contribution in [2.45, 2.75) is 26.2 Å². The lowest BCUT2D eigenvalue weighted by Crippen LogP contribution is -2.21. The van der Waals surface area contributed by atoms with Gasteiger partial charge in [0.1, 0.15) is 10.8 Å². The van der Waals surface area contributed by atoms with E-state index in [0.29, 0.717) is 17.4 Å². The number of anilines is 1. The smallest absolute Gasteiger partial charge is 0.262 e. The van der Waals surface area contributed by atoms with Crippen molar-refractivity contribution in [1.82, 2.24) is 4.98 Å². The number of fused-ring (bicyclic) bond motifs is 1.